The summed E-state index contributed by atoms with van der Waals surface area (Å²) in [6, 6.07) is 13.6. The predicted octanol–water partition coefficient (Wildman–Crippen LogP) is 2.77. The van der Waals surface area contributed by atoms with E-state index in [-0.39, 0.29) is 10.8 Å². The van der Waals surface area contributed by atoms with Gasteiger partial charge in [0.2, 0.25) is 0 Å². The molecule has 7 heteroatoms. The van der Waals surface area contributed by atoms with Crippen molar-refractivity contribution in [3.8, 4) is 0 Å². The summed E-state index contributed by atoms with van der Waals surface area (Å²) in [6.07, 6.45) is 0.487. The number of nitrogens with zero attached hydrogens (tertiary/aromatic N) is 2. The van der Waals surface area contributed by atoms with E-state index >= 15 is 0 Å². The topological polar surface area (TPSA) is 89.3 Å². The van der Waals surface area contributed by atoms with Crippen LogP contribution in [-0.2, 0) is 14.8 Å². The van der Waals surface area contributed by atoms with Gasteiger partial charge in [-0.2, -0.15) is 17.6 Å². The van der Waals surface area contributed by atoms with Crippen molar-refractivity contribution in [2.24, 2.45) is 5.92 Å². The standard InChI is InChI=1S/C18H16N2O4S/c1-11-6-8-12(9-7-11)25(23,24)20-16-5-3-2-4-13(16)17(19-20)14-10-15(14)18(21)22/h2-9,14-15H,10H2,1H3,(H,21,22). The Labute approximate surface area is 144 Å². The van der Waals surface area contributed by atoms with Crippen molar-refractivity contribution in [2.45, 2.75) is 24.2 Å². The highest BCUT2D eigenvalue weighted by Gasteiger charge is 2.47. The molecule has 2 atom stereocenters. The summed E-state index contributed by atoms with van der Waals surface area (Å²) in [7, 11) is -3.85. The monoisotopic (exact) mass is 356 g/mol. The van der Waals surface area contributed by atoms with Crippen LogP contribution in [0.25, 0.3) is 10.9 Å². The summed E-state index contributed by atoms with van der Waals surface area (Å²) in [5.41, 5.74) is 1.97. The SMILES string of the molecule is Cc1ccc(S(=O)(=O)n2nc(C3CC3C(=O)O)c3ccccc32)cc1. The highest BCUT2D eigenvalue weighted by Crippen LogP contribution is 2.49. The fourth-order valence-electron chi connectivity index (χ4n) is 3.10. The van der Waals surface area contributed by atoms with E-state index in [1.54, 1.807) is 48.5 Å². The molecule has 2 unspecified atom stereocenters. The Morgan fingerprint density at radius 2 is 1.84 bits per heavy atom. The van der Waals surface area contributed by atoms with Gasteiger partial charge in [-0.15, -0.1) is 0 Å². The zero-order valence-corrected chi connectivity index (χ0v) is 14.3. The minimum Gasteiger partial charge on any atom is -0.481 e. The lowest BCUT2D eigenvalue weighted by atomic mass is 10.1. The molecule has 0 aliphatic heterocycles. The van der Waals surface area contributed by atoms with E-state index in [2.05, 4.69) is 5.10 Å². The second-order valence-corrected chi connectivity index (χ2v) is 8.12. The van der Waals surface area contributed by atoms with Crippen LogP contribution in [0.5, 0.6) is 0 Å². The van der Waals surface area contributed by atoms with E-state index in [9.17, 15) is 18.3 Å². The third-order valence-corrected chi connectivity index (χ3v) is 6.19. The maximum absolute atomic E-state index is 13.0. The first-order valence-corrected chi connectivity index (χ1v) is 9.36. The fraction of sp³-hybridized carbons (Fsp3) is 0.222. The number of aryl methyl sites for hydroxylation is 1. The molecule has 0 spiro atoms. The van der Waals surface area contributed by atoms with Crippen molar-refractivity contribution in [3.05, 3.63) is 59.8 Å². The van der Waals surface area contributed by atoms with Crippen LogP contribution in [0.2, 0.25) is 0 Å². The molecule has 0 bridgehead atoms. The van der Waals surface area contributed by atoms with Crippen LogP contribution in [0.4, 0.5) is 0 Å². The van der Waals surface area contributed by atoms with Crippen LogP contribution in [0, 0.1) is 12.8 Å². The number of carboxylic acid groups (broad SMARTS) is 1. The van der Waals surface area contributed by atoms with Crippen molar-refractivity contribution >= 4 is 26.9 Å². The van der Waals surface area contributed by atoms with E-state index in [0.29, 0.717) is 23.0 Å². The third kappa shape index (κ3) is 2.51. The lowest BCUT2D eigenvalue weighted by molar-refractivity contribution is -0.138. The fourth-order valence-corrected chi connectivity index (χ4v) is 4.39. The van der Waals surface area contributed by atoms with Crippen molar-refractivity contribution in [1.82, 2.24) is 9.19 Å². The van der Waals surface area contributed by atoms with E-state index in [1.165, 1.54) is 0 Å². The Kier molecular flexibility index (Phi) is 3.43. The van der Waals surface area contributed by atoms with Gasteiger partial charge in [0.1, 0.15) is 0 Å². The van der Waals surface area contributed by atoms with Gasteiger partial charge >= 0.3 is 5.97 Å². The molecule has 6 nitrogen and oxygen atoms in total. The molecule has 2 aromatic carbocycles. The van der Waals surface area contributed by atoms with Gasteiger partial charge in [-0.3, -0.25) is 4.79 Å². The molecule has 1 aliphatic rings. The van der Waals surface area contributed by atoms with Gasteiger partial charge in [-0.1, -0.05) is 35.9 Å². The van der Waals surface area contributed by atoms with Crippen LogP contribution in [-0.4, -0.2) is 28.7 Å². The maximum Gasteiger partial charge on any atom is 0.307 e. The molecule has 3 aromatic rings. The number of aliphatic carboxylic acids is 1. The summed E-state index contributed by atoms with van der Waals surface area (Å²) in [4.78, 5) is 11.3. The Balaban J connectivity index is 1.88. The molecule has 128 valence electrons. The van der Waals surface area contributed by atoms with Crippen molar-refractivity contribution in [2.75, 3.05) is 0 Å². The van der Waals surface area contributed by atoms with Crippen LogP contribution >= 0.6 is 0 Å². The third-order valence-electron chi connectivity index (χ3n) is 4.59. The molecule has 0 saturated heterocycles. The lowest BCUT2D eigenvalue weighted by Crippen LogP contribution is -2.14. The van der Waals surface area contributed by atoms with Crippen LogP contribution in [0.15, 0.2) is 53.4 Å². The highest BCUT2D eigenvalue weighted by molar-refractivity contribution is 7.90. The number of carboxylic acids is 1. The van der Waals surface area contributed by atoms with Crippen LogP contribution < -0.4 is 0 Å². The lowest BCUT2D eigenvalue weighted by Gasteiger charge is -2.06. The number of rotatable bonds is 4. The molecule has 0 radical (unpaired) electrons. The van der Waals surface area contributed by atoms with Gasteiger partial charge in [0.15, 0.2) is 0 Å². The van der Waals surface area contributed by atoms with Crippen molar-refractivity contribution < 1.29 is 18.3 Å². The zero-order chi connectivity index (χ0) is 17.8. The zero-order valence-electron chi connectivity index (χ0n) is 13.5. The number of hydrogen-bond donors (Lipinski definition) is 1. The molecule has 1 heterocycles. The normalized spacial score (nSPS) is 19.9. The molecule has 4 rings (SSSR count). The maximum atomic E-state index is 13.0. The minimum atomic E-state index is -3.85. The molecule has 0 amide bonds. The summed E-state index contributed by atoms with van der Waals surface area (Å²) in [5, 5.41) is 14.2. The second-order valence-electron chi connectivity index (χ2n) is 6.35. The first-order valence-electron chi connectivity index (χ1n) is 7.92. The first kappa shape index (κ1) is 15.8. The second kappa shape index (κ2) is 5.42. The quantitative estimate of drug-likeness (QED) is 0.776. The number of hydrogen-bond acceptors (Lipinski definition) is 4. The molecule has 1 N–H and O–H groups in total. The minimum absolute atomic E-state index is 0.156. The van der Waals surface area contributed by atoms with E-state index < -0.39 is 21.9 Å². The average molecular weight is 356 g/mol. The Morgan fingerprint density at radius 1 is 1.16 bits per heavy atom. The van der Waals surface area contributed by atoms with Crippen molar-refractivity contribution in [1.29, 1.82) is 0 Å². The van der Waals surface area contributed by atoms with E-state index in [1.807, 2.05) is 6.92 Å². The molecule has 1 aromatic heterocycles. The van der Waals surface area contributed by atoms with Crippen LogP contribution in [0.3, 0.4) is 0 Å². The Hall–Kier alpha value is -2.67. The van der Waals surface area contributed by atoms with Gasteiger partial charge in [0.05, 0.1) is 22.0 Å². The predicted molar refractivity (Wildman–Crippen MR) is 92.0 cm³/mol. The molecule has 1 fully saturated rings. The summed E-state index contributed by atoms with van der Waals surface area (Å²) < 4.78 is 27.1. The van der Waals surface area contributed by atoms with Crippen LogP contribution in [0.1, 0.15) is 23.6 Å². The summed E-state index contributed by atoms with van der Waals surface area (Å²) >= 11 is 0. The van der Waals surface area contributed by atoms with Gasteiger partial charge < -0.3 is 5.11 Å². The average Bonchev–Trinajstić information content (AvgIpc) is 3.29. The number of carbonyl (C=O) groups is 1. The Morgan fingerprint density at radius 3 is 2.48 bits per heavy atom. The first-order chi connectivity index (χ1) is 11.9. The summed E-state index contributed by atoms with van der Waals surface area (Å²) in [6.45, 7) is 1.89. The van der Waals surface area contributed by atoms with E-state index in [4.69, 9.17) is 0 Å². The molecule has 1 aliphatic carbocycles. The molecular formula is C18H16N2O4S. The van der Waals surface area contributed by atoms with Gasteiger partial charge in [-0.05, 0) is 31.5 Å². The largest absolute Gasteiger partial charge is 0.481 e. The van der Waals surface area contributed by atoms with Gasteiger partial charge in [0.25, 0.3) is 10.0 Å². The number of para-hydroxylation sites is 1. The Bertz CT molecular complexity index is 1080. The number of benzene rings is 2. The molecular weight excluding hydrogens is 340 g/mol. The van der Waals surface area contributed by atoms with E-state index in [0.717, 1.165) is 9.65 Å². The smallest absolute Gasteiger partial charge is 0.307 e. The number of fused-ring (bicyclic) bond motifs is 1. The van der Waals surface area contributed by atoms with Crippen molar-refractivity contribution in [3.63, 3.8) is 0 Å². The highest BCUT2D eigenvalue weighted by atomic mass is 32.2. The molecule has 1 saturated carbocycles. The summed E-state index contributed by atoms with van der Waals surface area (Å²) in [5.74, 6) is -1.60. The number of aromatic nitrogens is 2. The van der Waals surface area contributed by atoms with Gasteiger partial charge in [0, 0.05) is 11.3 Å². The van der Waals surface area contributed by atoms with Gasteiger partial charge in [-0.25, -0.2) is 0 Å². The molecule has 25 heavy (non-hydrogen) atoms.